The predicted molar refractivity (Wildman–Crippen MR) is 102 cm³/mol. The molecule has 1 heterocycles. The second-order valence-corrected chi connectivity index (χ2v) is 6.26. The Balaban J connectivity index is 2.05. The molecule has 0 aliphatic carbocycles. The Morgan fingerprint density at radius 2 is 1.59 bits per heavy atom. The van der Waals surface area contributed by atoms with Gasteiger partial charge in [0.1, 0.15) is 0 Å². The average Bonchev–Trinajstić information content (AvgIpc) is 2.72. The van der Waals surface area contributed by atoms with Crippen molar-refractivity contribution in [1.82, 2.24) is 15.1 Å². The van der Waals surface area contributed by atoms with Crippen molar-refractivity contribution in [2.75, 3.05) is 61.1 Å². The monoisotopic (exact) mass is 379 g/mol. The topological polar surface area (TPSA) is 80.3 Å². The Labute approximate surface area is 160 Å². The molecule has 0 radical (unpaired) electrons. The molecule has 8 nitrogen and oxygen atoms in total. The van der Waals surface area contributed by atoms with E-state index in [1.54, 1.807) is 17.0 Å². The lowest BCUT2D eigenvalue weighted by molar-refractivity contribution is -0.132. The van der Waals surface area contributed by atoms with Crippen LogP contribution in [0, 0.1) is 0 Å². The van der Waals surface area contributed by atoms with Crippen LogP contribution in [-0.2, 0) is 4.79 Å². The van der Waals surface area contributed by atoms with Crippen LogP contribution >= 0.6 is 0 Å². The molecule has 2 rings (SSSR count). The van der Waals surface area contributed by atoms with Gasteiger partial charge >= 0.3 is 0 Å². The summed E-state index contributed by atoms with van der Waals surface area (Å²) in [6.07, 6.45) is 1.34. The van der Waals surface area contributed by atoms with E-state index >= 15 is 0 Å². The van der Waals surface area contributed by atoms with Gasteiger partial charge in [0.25, 0.3) is 5.91 Å². The molecule has 1 aromatic carbocycles. The maximum atomic E-state index is 13.0. The summed E-state index contributed by atoms with van der Waals surface area (Å²) in [4.78, 5) is 28.8. The summed E-state index contributed by atoms with van der Waals surface area (Å²) in [6.45, 7) is 2.89. The van der Waals surface area contributed by atoms with E-state index in [-0.39, 0.29) is 11.8 Å². The van der Waals surface area contributed by atoms with Gasteiger partial charge in [-0.3, -0.25) is 9.59 Å². The fourth-order valence-corrected chi connectivity index (χ4v) is 3.17. The quantitative estimate of drug-likeness (QED) is 0.679. The van der Waals surface area contributed by atoms with Crippen LogP contribution in [0.2, 0.25) is 0 Å². The molecule has 0 bridgehead atoms. The highest BCUT2D eigenvalue weighted by Gasteiger charge is 2.28. The minimum absolute atomic E-state index is 0.140. The number of rotatable bonds is 8. The molecule has 0 atom stereocenters. The second kappa shape index (κ2) is 10.0. The highest BCUT2D eigenvalue weighted by atomic mass is 16.5. The molecule has 1 aliphatic heterocycles. The summed E-state index contributed by atoms with van der Waals surface area (Å²) in [7, 11) is 6.41. The Bertz CT molecular complexity index is 657. The van der Waals surface area contributed by atoms with Crippen LogP contribution in [0.25, 0.3) is 0 Å². The van der Waals surface area contributed by atoms with E-state index in [1.165, 1.54) is 21.3 Å². The van der Waals surface area contributed by atoms with Gasteiger partial charge in [-0.2, -0.15) is 0 Å². The maximum absolute atomic E-state index is 13.0. The van der Waals surface area contributed by atoms with Gasteiger partial charge in [0.2, 0.25) is 11.7 Å². The van der Waals surface area contributed by atoms with Crippen molar-refractivity contribution in [3.63, 3.8) is 0 Å². The van der Waals surface area contributed by atoms with Crippen LogP contribution in [0.5, 0.6) is 17.2 Å². The summed E-state index contributed by atoms with van der Waals surface area (Å²) in [6, 6.07) is 3.37. The second-order valence-electron chi connectivity index (χ2n) is 6.26. The molecule has 8 heteroatoms. The van der Waals surface area contributed by atoms with Crippen LogP contribution < -0.4 is 19.5 Å². The van der Waals surface area contributed by atoms with Gasteiger partial charge in [0.15, 0.2) is 11.5 Å². The Morgan fingerprint density at radius 3 is 2.15 bits per heavy atom. The summed E-state index contributed by atoms with van der Waals surface area (Å²) in [5.41, 5.74) is 0.420. The molecule has 1 aromatic rings. The molecule has 150 valence electrons. The molecule has 1 aliphatic rings. The molecule has 1 fully saturated rings. The third kappa shape index (κ3) is 4.82. The number of amides is 2. The molecule has 1 N–H and O–H groups in total. The lowest BCUT2D eigenvalue weighted by Crippen LogP contribution is -2.50. The number of hydrogen-bond donors (Lipinski definition) is 1. The summed E-state index contributed by atoms with van der Waals surface area (Å²) in [5.74, 6) is 1.25. The average molecular weight is 379 g/mol. The molecule has 2 amide bonds. The summed E-state index contributed by atoms with van der Waals surface area (Å²) >= 11 is 0. The van der Waals surface area contributed by atoms with E-state index < -0.39 is 0 Å². The number of methoxy groups -OCH3 is 3. The van der Waals surface area contributed by atoms with E-state index in [9.17, 15) is 9.59 Å². The minimum Gasteiger partial charge on any atom is -0.493 e. The lowest BCUT2D eigenvalue weighted by atomic mass is 10.1. The molecule has 0 aromatic heterocycles. The maximum Gasteiger partial charge on any atom is 0.257 e. The van der Waals surface area contributed by atoms with Gasteiger partial charge in [-0.15, -0.1) is 0 Å². The standard InChI is InChI=1S/C19H29N3O5/c1-20-9-5-6-16(23)21-10-12-22(13-11-21)19(24)14-7-8-15(25-2)18(27-4)17(14)26-3/h7-8,20H,5-6,9-13H2,1-4H3. The number of carbonyl (C=O) groups excluding carboxylic acids is 2. The molecular weight excluding hydrogens is 350 g/mol. The first-order chi connectivity index (χ1) is 13.1. The lowest BCUT2D eigenvalue weighted by Gasteiger charge is -2.35. The number of nitrogens with zero attached hydrogens (tertiary/aromatic N) is 2. The normalized spacial score (nSPS) is 14.1. The highest BCUT2D eigenvalue weighted by Crippen LogP contribution is 2.40. The van der Waals surface area contributed by atoms with E-state index in [0.29, 0.717) is 55.4 Å². The van der Waals surface area contributed by atoms with Gasteiger partial charge in [-0.05, 0) is 32.1 Å². The van der Waals surface area contributed by atoms with Crippen molar-refractivity contribution in [2.45, 2.75) is 12.8 Å². The molecule has 27 heavy (non-hydrogen) atoms. The molecule has 0 unspecified atom stereocenters. The van der Waals surface area contributed by atoms with E-state index in [2.05, 4.69) is 5.32 Å². The van der Waals surface area contributed by atoms with Crippen molar-refractivity contribution in [3.8, 4) is 17.2 Å². The van der Waals surface area contributed by atoms with Crippen molar-refractivity contribution in [3.05, 3.63) is 17.7 Å². The number of benzene rings is 1. The van der Waals surface area contributed by atoms with Crippen LogP contribution in [-0.4, -0.2) is 82.7 Å². The number of ether oxygens (including phenoxy) is 3. The molecule has 0 saturated carbocycles. The van der Waals surface area contributed by atoms with Gasteiger partial charge in [0.05, 0.1) is 26.9 Å². The van der Waals surface area contributed by atoms with Crippen molar-refractivity contribution < 1.29 is 23.8 Å². The van der Waals surface area contributed by atoms with Gasteiger partial charge in [-0.25, -0.2) is 0 Å². The fraction of sp³-hybridized carbons (Fsp3) is 0.579. The third-order valence-corrected chi connectivity index (χ3v) is 4.67. The van der Waals surface area contributed by atoms with Crippen molar-refractivity contribution in [2.24, 2.45) is 0 Å². The molecule has 0 spiro atoms. The zero-order valence-electron chi connectivity index (χ0n) is 16.5. The SMILES string of the molecule is CNCCCC(=O)N1CCN(C(=O)c2ccc(OC)c(OC)c2OC)CC1. The van der Waals surface area contributed by atoms with E-state index in [1.807, 2.05) is 11.9 Å². The van der Waals surface area contributed by atoms with Crippen LogP contribution in [0.15, 0.2) is 12.1 Å². The van der Waals surface area contributed by atoms with Crippen LogP contribution in [0.1, 0.15) is 23.2 Å². The summed E-state index contributed by atoms with van der Waals surface area (Å²) < 4.78 is 16.0. The number of carbonyl (C=O) groups is 2. The van der Waals surface area contributed by atoms with Crippen molar-refractivity contribution in [1.29, 1.82) is 0 Å². The number of hydrogen-bond acceptors (Lipinski definition) is 6. The van der Waals surface area contributed by atoms with Gasteiger partial charge < -0.3 is 29.3 Å². The zero-order valence-corrected chi connectivity index (χ0v) is 16.5. The fourth-order valence-electron chi connectivity index (χ4n) is 3.17. The Hall–Kier alpha value is -2.48. The zero-order chi connectivity index (χ0) is 19.8. The first-order valence-corrected chi connectivity index (χ1v) is 9.08. The third-order valence-electron chi connectivity index (χ3n) is 4.67. The first-order valence-electron chi connectivity index (χ1n) is 9.08. The Morgan fingerprint density at radius 1 is 0.963 bits per heavy atom. The number of piperazine rings is 1. The smallest absolute Gasteiger partial charge is 0.257 e. The highest BCUT2D eigenvalue weighted by molar-refractivity contribution is 5.98. The largest absolute Gasteiger partial charge is 0.493 e. The number of nitrogens with one attached hydrogen (secondary N) is 1. The van der Waals surface area contributed by atoms with Crippen LogP contribution in [0.4, 0.5) is 0 Å². The predicted octanol–water partition coefficient (Wildman–Crippen LogP) is 0.996. The summed E-state index contributed by atoms with van der Waals surface area (Å²) in [5, 5.41) is 3.04. The van der Waals surface area contributed by atoms with E-state index in [4.69, 9.17) is 14.2 Å². The van der Waals surface area contributed by atoms with Crippen LogP contribution in [0.3, 0.4) is 0 Å². The first kappa shape index (κ1) is 20.8. The minimum atomic E-state index is -0.143. The molecular formula is C19H29N3O5. The van der Waals surface area contributed by atoms with Gasteiger partial charge in [0, 0.05) is 32.6 Å². The van der Waals surface area contributed by atoms with Crippen molar-refractivity contribution >= 4 is 11.8 Å². The van der Waals surface area contributed by atoms with E-state index in [0.717, 1.165) is 13.0 Å². The molecule has 1 saturated heterocycles. The van der Waals surface area contributed by atoms with Gasteiger partial charge in [-0.1, -0.05) is 0 Å². The Kier molecular flexibility index (Phi) is 7.72.